The van der Waals surface area contributed by atoms with Gasteiger partial charge in [0.15, 0.2) is 0 Å². The van der Waals surface area contributed by atoms with E-state index in [9.17, 15) is 8.78 Å². The van der Waals surface area contributed by atoms with Crippen molar-refractivity contribution >= 4 is 11.9 Å². The summed E-state index contributed by atoms with van der Waals surface area (Å²) in [6.45, 7) is 1.35. The van der Waals surface area contributed by atoms with Gasteiger partial charge in [-0.25, -0.2) is 13.1 Å². The van der Waals surface area contributed by atoms with Gasteiger partial charge in [-0.3, -0.25) is 0 Å². The van der Waals surface area contributed by atoms with E-state index in [1.165, 1.54) is 17.7 Å². The van der Waals surface area contributed by atoms with E-state index in [-0.39, 0.29) is 11.6 Å². The molecule has 1 aliphatic heterocycles. The third kappa shape index (κ3) is 3.63. The summed E-state index contributed by atoms with van der Waals surface area (Å²) in [6.07, 6.45) is 2.19. The van der Waals surface area contributed by atoms with Crippen molar-refractivity contribution in [2.45, 2.75) is 24.6 Å². The molecule has 4 heteroatoms. The highest BCUT2D eigenvalue weighted by Crippen LogP contribution is 2.40. The van der Waals surface area contributed by atoms with Crippen LogP contribution in [0.15, 0.2) is 48.5 Å². The second-order valence-electron chi connectivity index (χ2n) is 5.25. The molecule has 0 aliphatic carbocycles. The van der Waals surface area contributed by atoms with E-state index in [2.05, 4.69) is 16.4 Å². The van der Waals surface area contributed by atoms with E-state index < -0.39 is 0 Å². The molecule has 1 unspecified atom stereocenters. The van der Waals surface area contributed by atoms with E-state index in [4.69, 9.17) is 0 Å². The molecule has 1 nitrogen and oxygen atoms in total. The van der Waals surface area contributed by atoms with Crippen LogP contribution in [0.25, 0.3) is 0 Å². The minimum atomic E-state index is -0.381. The lowest BCUT2D eigenvalue weighted by Gasteiger charge is -2.32. The molecular weight excluding hydrogens is 288 g/mol. The minimum absolute atomic E-state index is 0.334. The van der Waals surface area contributed by atoms with Crippen molar-refractivity contribution in [1.29, 1.82) is 0 Å². The summed E-state index contributed by atoms with van der Waals surface area (Å²) in [5, 5.41) is 0.400. The van der Waals surface area contributed by atoms with E-state index in [1.54, 1.807) is 11.9 Å². The van der Waals surface area contributed by atoms with Crippen LogP contribution in [-0.4, -0.2) is 10.8 Å². The largest absolute Gasteiger partial charge is 0.246 e. The van der Waals surface area contributed by atoms with Crippen molar-refractivity contribution in [2.75, 3.05) is 6.54 Å². The average Bonchev–Trinajstić information content (AvgIpc) is 2.52. The molecule has 0 aromatic heterocycles. The van der Waals surface area contributed by atoms with Crippen LogP contribution >= 0.6 is 11.9 Å². The van der Waals surface area contributed by atoms with Gasteiger partial charge in [-0.1, -0.05) is 42.3 Å². The number of nitrogens with zero attached hydrogens (tertiary/aromatic N) is 1. The number of benzene rings is 2. The molecule has 2 aromatic carbocycles. The fraction of sp³-hybridized carbons (Fsp3) is 0.294. The third-order valence-corrected chi connectivity index (χ3v) is 5.05. The van der Waals surface area contributed by atoms with Crippen molar-refractivity contribution in [2.24, 2.45) is 0 Å². The zero-order valence-corrected chi connectivity index (χ0v) is 12.5. The van der Waals surface area contributed by atoms with Gasteiger partial charge in [-0.05, 0) is 36.6 Å². The number of halogens is 2. The standard InChI is InChI=1S/C17H17F2NS/c18-15-8-9-16(19)14(11-15)12-20-10-4-7-17(21-20)13-5-2-1-3-6-13/h1-3,5-6,8-9,11,17H,4,7,10,12H2. The summed E-state index contributed by atoms with van der Waals surface area (Å²) in [6, 6.07) is 14.0. The fourth-order valence-electron chi connectivity index (χ4n) is 2.60. The van der Waals surface area contributed by atoms with Crippen LogP contribution in [0.1, 0.15) is 29.2 Å². The van der Waals surface area contributed by atoms with Gasteiger partial charge in [0.2, 0.25) is 0 Å². The van der Waals surface area contributed by atoms with Crippen molar-refractivity contribution in [3.05, 3.63) is 71.3 Å². The predicted octanol–water partition coefficient (Wildman–Crippen LogP) is 4.95. The Labute approximate surface area is 128 Å². The molecule has 1 saturated heterocycles. The quantitative estimate of drug-likeness (QED) is 0.738. The highest BCUT2D eigenvalue weighted by atomic mass is 32.2. The van der Waals surface area contributed by atoms with E-state index in [0.29, 0.717) is 17.4 Å². The van der Waals surface area contributed by atoms with Gasteiger partial charge in [0, 0.05) is 23.9 Å². The summed E-state index contributed by atoms with van der Waals surface area (Å²) in [4.78, 5) is 0. The maximum absolute atomic E-state index is 13.7. The van der Waals surface area contributed by atoms with Gasteiger partial charge in [-0.15, -0.1) is 0 Å². The first-order chi connectivity index (χ1) is 10.2. The molecule has 1 fully saturated rings. The lowest BCUT2D eigenvalue weighted by Crippen LogP contribution is -2.23. The first kappa shape index (κ1) is 14.5. The molecular formula is C17H17F2NS. The molecule has 0 saturated carbocycles. The van der Waals surface area contributed by atoms with Crippen molar-refractivity contribution in [1.82, 2.24) is 4.31 Å². The predicted molar refractivity (Wildman–Crippen MR) is 82.8 cm³/mol. The van der Waals surface area contributed by atoms with Crippen LogP contribution < -0.4 is 0 Å². The van der Waals surface area contributed by atoms with Gasteiger partial charge in [0.25, 0.3) is 0 Å². The molecule has 1 heterocycles. The number of hydrogen-bond donors (Lipinski definition) is 0. The van der Waals surface area contributed by atoms with Crippen LogP contribution in [0, 0.1) is 11.6 Å². The lowest BCUT2D eigenvalue weighted by atomic mass is 10.1. The maximum Gasteiger partial charge on any atom is 0.127 e. The van der Waals surface area contributed by atoms with Gasteiger partial charge in [0.1, 0.15) is 11.6 Å². The Morgan fingerprint density at radius 1 is 1.10 bits per heavy atom. The molecule has 1 atom stereocenters. The van der Waals surface area contributed by atoms with E-state index in [1.807, 2.05) is 18.2 Å². The molecule has 0 N–H and O–H groups in total. The number of rotatable bonds is 3. The summed E-state index contributed by atoms with van der Waals surface area (Å²) in [5.74, 6) is -0.716. The molecule has 1 aliphatic rings. The summed E-state index contributed by atoms with van der Waals surface area (Å²) < 4.78 is 29.1. The number of hydrogen-bond acceptors (Lipinski definition) is 2. The summed E-state index contributed by atoms with van der Waals surface area (Å²) in [7, 11) is 0. The summed E-state index contributed by atoms with van der Waals surface area (Å²) >= 11 is 1.74. The van der Waals surface area contributed by atoms with Crippen LogP contribution in [-0.2, 0) is 6.54 Å². The smallest absolute Gasteiger partial charge is 0.127 e. The average molecular weight is 305 g/mol. The third-order valence-electron chi connectivity index (χ3n) is 3.68. The highest BCUT2D eigenvalue weighted by Gasteiger charge is 2.23. The molecule has 0 amide bonds. The Hall–Kier alpha value is -1.39. The monoisotopic (exact) mass is 305 g/mol. The Morgan fingerprint density at radius 2 is 1.90 bits per heavy atom. The van der Waals surface area contributed by atoms with Gasteiger partial charge in [0.05, 0.1) is 0 Å². The van der Waals surface area contributed by atoms with Crippen LogP contribution in [0.5, 0.6) is 0 Å². The van der Waals surface area contributed by atoms with E-state index in [0.717, 1.165) is 25.5 Å². The first-order valence-electron chi connectivity index (χ1n) is 7.13. The maximum atomic E-state index is 13.7. The lowest BCUT2D eigenvalue weighted by molar-refractivity contribution is 0.410. The zero-order valence-electron chi connectivity index (χ0n) is 11.6. The van der Waals surface area contributed by atoms with Crippen molar-refractivity contribution in [3.63, 3.8) is 0 Å². The molecule has 0 radical (unpaired) electrons. The molecule has 110 valence electrons. The SMILES string of the molecule is Fc1ccc(F)c(CN2CCCC(c3ccccc3)S2)c1. The second-order valence-corrected chi connectivity index (χ2v) is 6.54. The van der Waals surface area contributed by atoms with Gasteiger partial charge in [-0.2, -0.15) is 0 Å². The fourth-order valence-corrected chi connectivity index (χ4v) is 3.96. The Bertz CT molecular complexity index is 603. The zero-order chi connectivity index (χ0) is 14.7. The van der Waals surface area contributed by atoms with Crippen molar-refractivity contribution in [3.8, 4) is 0 Å². The summed E-state index contributed by atoms with van der Waals surface area (Å²) in [5.41, 5.74) is 1.73. The van der Waals surface area contributed by atoms with Crippen LogP contribution in [0.3, 0.4) is 0 Å². The molecule has 21 heavy (non-hydrogen) atoms. The van der Waals surface area contributed by atoms with E-state index >= 15 is 0 Å². The topological polar surface area (TPSA) is 3.24 Å². The molecule has 0 bridgehead atoms. The first-order valence-corrected chi connectivity index (χ1v) is 7.96. The minimum Gasteiger partial charge on any atom is -0.246 e. The second kappa shape index (κ2) is 6.58. The Kier molecular flexibility index (Phi) is 4.56. The Balaban J connectivity index is 1.70. The molecule has 3 rings (SSSR count). The van der Waals surface area contributed by atoms with Gasteiger partial charge >= 0.3 is 0 Å². The van der Waals surface area contributed by atoms with Crippen LogP contribution in [0.4, 0.5) is 8.78 Å². The van der Waals surface area contributed by atoms with Gasteiger partial charge < -0.3 is 0 Å². The molecule has 2 aromatic rings. The molecule has 0 spiro atoms. The Morgan fingerprint density at radius 3 is 2.71 bits per heavy atom. The normalized spacial score (nSPS) is 19.6. The van der Waals surface area contributed by atoms with Crippen LogP contribution in [0.2, 0.25) is 0 Å². The highest BCUT2D eigenvalue weighted by molar-refractivity contribution is 7.97. The van der Waals surface area contributed by atoms with Crippen molar-refractivity contribution < 1.29 is 8.78 Å².